The molecule has 0 fully saturated rings. The van der Waals surface area contributed by atoms with Gasteiger partial charge in [-0.05, 0) is 37.1 Å². The van der Waals surface area contributed by atoms with Gasteiger partial charge in [0.1, 0.15) is 22.1 Å². The predicted molar refractivity (Wildman–Crippen MR) is 62.1 cm³/mol. The zero-order valence-corrected chi connectivity index (χ0v) is 9.10. The number of hydrogen-bond donors (Lipinski definition) is 0. The van der Waals surface area contributed by atoms with Crippen LogP contribution in [0.5, 0.6) is 0 Å². The Kier molecular flexibility index (Phi) is 1.83. The van der Waals surface area contributed by atoms with E-state index in [1.807, 2.05) is 38.4 Å². The molecule has 0 N–H and O–H groups in total. The Balaban J connectivity index is 2.50. The number of rotatable bonds is 0. The first-order chi connectivity index (χ1) is 7.74. The van der Waals surface area contributed by atoms with E-state index in [0.717, 1.165) is 33.2 Å². The molecule has 4 heteroatoms. The van der Waals surface area contributed by atoms with E-state index in [-0.39, 0.29) is 0 Å². The van der Waals surface area contributed by atoms with Crippen LogP contribution in [-0.4, -0.2) is 20.2 Å². The third kappa shape index (κ3) is 1.31. The summed E-state index contributed by atoms with van der Waals surface area (Å²) in [4.78, 5) is 8.75. The average Bonchev–Trinajstić information content (AvgIpc) is 2.28. The Bertz CT molecular complexity index is 630. The van der Waals surface area contributed by atoms with Crippen LogP contribution < -0.4 is 0 Å². The van der Waals surface area contributed by atoms with Crippen LogP contribution in [0.15, 0.2) is 24.5 Å². The van der Waals surface area contributed by atoms with Crippen LogP contribution in [-0.2, 0) is 0 Å². The van der Waals surface area contributed by atoms with E-state index >= 15 is 0 Å². The summed E-state index contributed by atoms with van der Waals surface area (Å²) < 4.78 is 0. The lowest BCUT2D eigenvalue weighted by Crippen LogP contribution is -1.93. The maximum Gasteiger partial charge on any atom is 0.118 e. The molecule has 0 saturated carbocycles. The number of hydrogen-bond acceptors (Lipinski definition) is 4. The molecule has 0 unspecified atom stereocenters. The Morgan fingerprint density at radius 2 is 1.19 bits per heavy atom. The number of nitrogens with zero attached hydrogens (tertiary/aromatic N) is 4. The monoisotopic (exact) mass is 210 g/mol. The third-order valence-electron chi connectivity index (χ3n) is 2.50. The van der Waals surface area contributed by atoms with Gasteiger partial charge in [-0.3, -0.25) is 9.97 Å². The second-order valence-electron chi connectivity index (χ2n) is 3.96. The largest absolute Gasteiger partial charge is 0.252 e. The molecule has 3 aromatic rings. The minimum Gasteiger partial charge on any atom is -0.252 e. The Morgan fingerprint density at radius 3 is 1.62 bits per heavy atom. The molecule has 0 bridgehead atoms. The van der Waals surface area contributed by atoms with Gasteiger partial charge in [-0.1, -0.05) is 0 Å². The lowest BCUT2D eigenvalue weighted by atomic mass is 10.2. The van der Waals surface area contributed by atoms with E-state index in [1.165, 1.54) is 0 Å². The quantitative estimate of drug-likeness (QED) is 0.534. The van der Waals surface area contributed by atoms with E-state index in [1.54, 1.807) is 0 Å². The molecule has 4 nitrogen and oxygen atoms in total. The van der Waals surface area contributed by atoms with Crippen LogP contribution >= 0.6 is 0 Å². The van der Waals surface area contributed by atoms with Crippen LogP contribution in [0.1, 0.15) is 11.1 Å². The fraction of sp³-hybridized carbons (Fsp3) is 0.167. The zero-order valence-electron chi connectivity index (χ0n) is 9.10. The van der Waals surface area contributed by atoms with Crippen molar-refractivity contribution in [3.8, 4) is 0 Å². The van der Waals surface area contributed by atoms with E-state index in [0.29, 0.717) is 0 Å². The summed E-state index contributed by atoms with van der Waals surface area (Å²) in [6, 6.07) is 3.94. The fourth-order valence-electron chi connectivity index (χ4n) is 1.73. The molecule has 3 rings (SSSR count). The Labute approximate surface area is 92.4 Å². The summed E-state index contributed by atoms with van der Waals surface area (Å²) in [6.07, 6.45) is 3.65. The van der Waals surface area contributed by atoms with Gasteiger partial charge < -0.3 is 0 Å². The highest BCUT2D eigenvalue weighted by Crippen LogP contribution is 2.18. The van der Waals surface area contributed by atoms with Gasteiger partial charge in [0.25, 0.3) is 0 Å². The molecule has 16 heavy (non-hydrogen) atoms. The first kappa shape index (κ1) is 9.15. The van der Waals surface area contributed by atoms with Crippen molar-refractivity contribution in [3.05, 3.63) is 35.7 Å². The minimum absolute atomic E-state index is 0.795. The first-order valence-corrected chi connectivity index (χ1v) is 5.09. The number of aryl methyl sites for hydroxylation is 2. The molecule has 0 aromatic carbocycles. The number of fused-ring (bicyclic) bond motifs is 3. The van der Waals surface area contributed by atoms with Gasteiger partial charge in [0.05, 0.1) is 0 Å². The maximum atomic E-state index is 4.37. The number of pyridine rings is 2. The van der Waals surface area contributed by atoms with Gasteiger partial charge in [-0.25, -0.2) is 0 Å². The number of aromatic nitrogens is 4. The summed E-state index contributed by atoms with van der Waals surface area (Å²) >= 11 is 0. The maximum absolute atomic E-state index is 4.37. The highest BCUT2D eigenvalue weighted by atomic mass is 15.1. The molecule has 0 radical (unpaired) electrons. The van der Waals surface area contributed by atoms with E-state index < -0.39 is 0 Å². The molecule has 3 aromatic heterocycles. The van der Waals surface area contributed by atoms with E-state index in [9.17, 15) is 0 Å². The van der Waals surface area contributed by atoms with Gasteiger partial charge in [-0.2, -0.15) is 0 Å². The molecule has 0 spiro atoms. The lowest BCUT2D eigenvalue weighted by molar-refractivity contribution is 1.10. The minimum atomic E-state index is 0.795. The summed E-state index contributed by atoms with van der Waals surface area (Å²) in [6.45, 7) is 3.97. The Hall–Kier alpha value is -2.10. The van der Waals surface area contributed by atoms with Crippen molar-refractivity contribution in [2.75, 3.05) is 0 Å². The highest BCUT2D eigenvalue weighted by Gasteiger charge is 2.05. The molecule has 0 saturated heterocycles. The van der Waals surface area contributed by atoms with Crippen LogP contribution in [0.25, 0.3) is 22.1 Å². The molecule has 3 heterocycles. The van der Waals surface area contributed by atoms with Crippen molar-refractivity contribution in [3.63, 3.8) is 0 Å². The zero-order chi connectivity index (χ0) is 11.1. The molecular formula is C12H10N4. The molecule has 0 atom stereocenters. The van der Waals surface area contributed by atoms with Crippen molar-refractivity contribution in [2.24, 2.45) is 0 Å². The normalized spacial score (nSPS) is 11.1. The highest BCUT2D eigenvalue weighted by molar-refractivity contribution is 5.98. The summed E-state index contributed by atoms with van der Waals surface area (Å²) in [5.74, 6) is 0. The Morgan fingerprint density at radius 1 is 0.750 bits per heavy atom. The van der Waals surface area contributed by atoms with E-state index in [2.05, 4.69) is 20.2 Å². The second kappa shape index (κ2) is 3.20. The first-order valence-electron chi connectivity index (χ1n) is 5.09. The average molecular weight is 210 g/mol. The smallest absolute Gasteiger partial charge is 0.118 e. The van der Waals surface area contributed by atoms with Gasteiger partial charge in [-0.15, -0.1) is 10.2 Å². The van der Waals surface area contributed by atoms with Gasteiger partial charge in [0.15, 0.2) is 0 Å². The van der Waals surface area contributed by atoms with E-state index in [4.69, 9.17) is 0 Å². The molecule has 0 aliphatic heterocycles. The summed E-state index contributed by atoms with van der Waals surface area (Å²) in [5.41, 5.74) is 5.38. The van der Waals surface area contributed by atoms with Gasteiger partial charge in [0, 0.05) is 12.4 Å². The molecular weight excluding hydrogens is 200 g/mol. The van der Waals surface area contributed by atoms with Crippen LogP contribution in [0, 0.1) is 13.8 Å². The molecule has 0 amide bonds. The fourth-order valence-corrected chi connectivity index (χ4v) is 1.73. The molecule has 0 aliphatic carbocycles. The topological polar surface area (TPSA) is 51.6 Å². The summed E-state index contributed by atoms with van der Waals surface area (Å²) in [5, 5.41) is 8.32. The summed E-state index contributed by atoms with van der Waals surface area (Å²) in [7, 11) is 0. The van der Waals surface area contributed by atoms with Gasteiger partial charge in [0.2, 0.25) is 0 Å². The van der Waals surface area contributed by atoms with Crippen molar-refractivity contribution >= 4 is 22.1 Å². The van der Waals surface area contributed by atoms with Crippen LogP contribution in [0.4, 0.5) is 0 Å². The molecule has 0 aliphatic rings. The second-order valence-corrected chi connectivity index (χ2v) is 3.96. The standard InChI is InChI=1S/C12H10N4/c1-7-3-9-11(13-5-7)12-10(16-15-9)4-8(2)6-14-12/h3-6H,1-2H3. The van der Waals surface area contributed by atoms with Crippen LogP contribution in [0.3, 0.4) is 0 Å². The van der Waals surface area contributed by atoms with Crippen molar-refractivity contribution in [2.45, 2.75) is 13.8 Å². The van der Waals surface area contributed by atoms with Crippen molar-refractivity contribution < 1.29 is 0 Å². The molecule has 78 valence electrons. The SMILES string of the molecule is Cc1cnc2c(c1)nnc1cc(C)cnc12. The predicted octanol–water partition coefficient (Wildman–Crippen LogP) is 2.19. The lowest BCUT2D eigenvalue weighted by Gasteiger charge is -2.01. The third-order valence-corrected chi connectivity index (χ3v) is 2.50. The van der Waals surface area contributed by atoms with Gasteiger partial charge >= 0.3 is 0 Å². The van der Waals surface area contributed by atoms with Crippen molar-refractivity contribution in [1.29, 1.82) is 0 Å². The van der Waals surface area contributed by atoms with Crippen molar-refractivity contribution in [1.82, 2.24) is 20.2 Å². The van der Waals surface area contributed by atoms with Crippen LogP contribution in [0.2, 0.25) is 0 Å².